The lowest BCUT2D eigenvalue weighted by Gasteiger charge is -2.27. The van der Waals surface area contributed by atoms with Crippen molar-refractivity contribution in [1.29, 1.82) is 0 Å². The first-order chi connectivity index (χ1) is 12.7. The van der Waals surface area contributed by atoms with Gasteiger partial charge < -0.3 is 15.0 Å². The summed E-state index contributed by atoms with van der Waals surface area (Å²) in [5, 5.41) is 3.76. The number of carbonyl (C=O) groups excluding carboxylic acids is 1. The molecule has 1 aromatic carbocycles. The van der Waals surface area contributed by atoms with E-state index >= 15 is 0 Å². The van der Waals surface area contributed by atoms with Crippen molar-refractivity contribution in [2.45, 2.75) is 30.8 Å². The summed E-state index contributed by atoms with van der Waals surface area (Å²) in [5.74, 6) is 2.06. The molecule has 0 radical (unpaired) electrons. The van der Waals surface area contributed by atoms with Gasteiger partial charge in [-0.3, -0.25) is 4.79 Å². The number of amides is 1. The molecule has 3 rings (SSSR count). The number of anilines is 1. The van der Waals surface area contributed by atoms with E-state index < -0.39 is 0 Å². The van der Waals surface area contributed by atoms with Crippen LogP contribution in [-0.4, -0.2) is 41.8 Å². The number of nitrogens with zero attached hydrogens (tertiary/aromatic N) is 3. The minimum absolute atomic E-state index is 0.0176. The summed E-state index contributed by atoms with van der Waals surface area (Å²) in [6, 6.07) is 9.66. The van der Waals surface area contributed by atoms with Crippen molar-refractivity contribution >= 4 is 23.5 Å². The fraction of sp³-hybridized carbons (Fsp3) is 0.421. The minimum atomic E-state index is -0.0176. The number of thioether (sulfide) groups is 1. The lowest BCUT2D eigenvalue weighted by molar-refractivity contribution is -0.118. The topological polar surface area (TPSA) is 67.3 Å². The second-order valence-corrected chi connectivity index (χ2v) is 7.17. The number of carbonyl (C=O) groups is 1. The van der Waals surface area contributed by atoms with E-state index in [4.69, 9.17) is 4.74 Å². The lowest BCUT2D eigenvalue weighted by Crippen LogP contribution is -2.30. The van der Waals surface area contributed by atoms with Crippen molar-refractivity contribution in [3.05, 3.63) is 42.2 Å². The van der Waals surface area contributed by atoms with E-state index in [0.717, 1.165) is 35.2 Å². The van der Waals surface area contributed by atoms with Gasteiger partial charge in [0.2, 0.25) is 5.91 Å². The lowest BCUT2D eigenvalue weighted by atomic mass is 10.1. The van der Waals surface area contributed by atoms with Crippen LogP contribution in [-0.2, 0) is 11.3 Å². The van der Waals surface area contributed by atoms with Crippen molar-refractivity contribution in [3.63, 3.8) is 0 Å². The zero-order valence-corrected chi connectivity index (χ0v) is 15.8. The second-order valence-electron chi connectivity index (χ2n) is 6.18. The summed E-state index contributed by atoms with van der Waals surface area (Å²) in [6.45, 7) is 2.57. The third-order valence-electron chi connectivity index (χ3n) is 4.28. The molecule has 0 saturated carbocycles. The normalized spacial score (nSPS) is 14.1. The van der Waals surface area contributed by atoms with Crippen LogP contribution in [0.15, 0.2) is 41.7 Å². The van der Waals surface area contributed by atoms with E-state index in [1.807, 2.05) is 30.3 Å². The smallest absolute Gasteiger partial charge is 0.230 e. The summed E-state index contributed by atoms with van der Waals surface area (Å²) in [6.07, 6.45) is 5.29. The summed E-state index contributed by atoms with van der Waals surface area (Å²) in [7, 11) is 1.63. The first kappa shape index (κ1) is 18.5. The molecular weight excluding hydrogens is 348 g/mol. The summed E-state index contributed by atoms with van der Waals surface area (Å²) in [4.78, 5) is 23.1. The first-order valence-electron chi connectivity index (χ1n) is 8.84. The number of piperidine rings is 1. The highest BCUT2D eigenvalue weighted by Gasteiger charge is 2.13. The number of rotatable bonds is 7. The van der Waals surface area contributed by atoms with Gasteiger partial charge in [0.15, 0.2) is 0 Å². The maximum absolute atomic E-state index is 12.1. The van der Waals surface area contributed by atoms with Crippen LogP contribution in [0.5, 0.6) is 5.75 Å². The molecule has 1 saturated heterocycles. The number of hydrogen-bond acceptors (Lipinski definition) is 6. The largest absolute Gasteiger partial charge is 0.497 e. The van der Waals surface area contributed by atoms with E-state index in [-0.39, 0.29) is 5.91 Å². The predicted octanol–water partition coefficient (Wildman–Crippen LogP) is 2.88. The Bertz CT molecular complexity index is 735. The molecule has 7 heteroatoms. The van der Waals surface area contributed by atoms with Crippen molar-refractivity contribution in [2.24, 2.45) is 0 Å². The molecule has 6 nitrogen and oxygen atoms in total. The Balaban J connectivity index is 1.48. The third-order valence-corrected chi connectivity index (χ3v) is 5.21. The Morgan fingerprint density at radius 2 is 2.08 bits per heavy atom. The molecule has 2 aromatic rings. The van der Waals surface area contributed by atoms with Crippen LogP contribution in [0.3, 0.4) is 0 Å². The Hall–Kier alpha value is -2.28. The highest BCUT2D eigenvalue weighted by atomic mass is 32.2. The monoisotopic (exact) mass is 372 g/mol. The average Bonchev–Trinajstić information content (AvgIpc) is 2.72. The maximum Gasteiger partial charge on any atom is 0.230 e. The fourth-order valence-corrected chi connectivity index (χ4v) is 3.57. The van der Waals surface area contributed by atoms with Gasteiger partial charge in [-0.25, -0.2) is 9.97 Å². The Labute approximate surface area is 158 Å². The minimum Gasteiger partial charge on any atom is -0.497 e. The van der Waals surface area contributed by atoms with Crippen LogP contribution in [0.25, 0.3) is 0 Å². The molecule has 0 spiro atoms. The number of benzene rings is 1. The van der Waals surface area contributed by atoms with Crippen LogP contribution < -0.4 is 15.0 Å². The Kier molecular flexibility index (Phi) is 6.71. The Morgan fingerprint density at radius 1 is 1.23 bits per heavy atom. The van der Waals surface area contributed by atoms with Crippen molar-refractivity contribution < 1.29 is 9.53 Å². The summed E-state index contributed by atoms with van der Waals surface area (Å²) >= 11 is 1.43. The van der Waals surface area contributed by atoms with Gasteiger partial charge in [-0.2, -0.15) is 0 Å². The third kappa shape index (κ3) is 5.36. The molecule has 0 unspecified atom stereocenters. The molecule has 0 aliphatic carbocycles. The molecule has 138 valence electrons. The molecule has 2 heterocycles. The van der Waals surface area contributed by atoms with E-state index in [0.29, 0.717) is 12.3 Å². The fourth-order valence-electron chi connectivity index (χ4n) is 2.88. The van der Waals surface area contributed by atoms with Gasteiger partial charge >= 0.3 is 0 Å². The van der Waals surface area contributed by atoms with Crippen LogP contribution in [0.2, 0.25) is 0 Å². The van der Waals surface area contributed by atoms with Gasteiger partial charge in [-0.1, -0.05) is 23.9 Å². The Morgan fingerprint density at radius 3 is 2.88 bits per heavy atom. The standard InChI is InChI=1S/C19H24N4O2S/c1-25-16-7-5-6-15(10-16)12-20-18(24)13-26-19-11-17(21-14-22-19)23-8-3-2-4-9-23/h5-7,10-11,14H,2-4,8-9,12-13H2,1H3,(H,20,24). The highest BCUT2D eigenvalue weighted by molar-refractivity contribution is 7.99. The predicted molar refractivity (Wildman–Crippen MR) is 104 cm³/mol. The van der Waals surface area contributed by atoms with Gasteiger partial charge in [-0.15, -0.1) is 0 Å². The van der Waals surface area contributed by atoms with Crippen LogP contribution in [0, 0.1) is 0 Å². The highest BCUT2D eigenvalue weighted by Crippen LogP contribution is 2.22. The molecule has 0 atom stereocenters. The first-order valence-corrected chi connectivity index (χ1v) is 9.82. The van der Waals surface area contributed by atoms with Crippen LogP contribution >= 0.6 is 11.8 Å². The number of methoxy groups -OCH3 is 1. The summed E-state index contributed by atoms with van der Waals surface area (Å²) < 4.78 is 5.19. The molecule has 26 heavy (non-hydrogen) atoms. The average molecular weight is 372 g/mol. The number of nitrogens with one attached hydrogen (secondary N) is 1. The van der Waals surface area contributed by atoms with Gasteiger partial charge in [0.25, 0.3) is 0 Å². The van der Waals surface area contributed by atoms with Crippen LogP contribution in [0.4, 0.5) is 5.82 Å². The van der Waals surface area contributed by atoms with E-state index in [9.17, 15) is 4.79 Å². The van der Waals surface area contributed by atoms with Gasteiger partial charge in [0, 0.05) is 25.7 Å². The maximum atomic E-state index is 12.1. The molecule has 1 fully saturated rings. The zero-order valence-electron chi connectivity index (χ0n) is 15.0. The van der Waals surface area contributed by atoms with E-state index in [1.54, 1.807) is 13.4 Å². The van der Waals surface area contributed by atoms with E-state index in [1.165, 1.54) is 31.0 Å². The second kappa shape index (κ2) is 9.43. The van der Waals surface area contributed by atoms with Crippen molar-refractivity contribution in [2.75, 3.05) is 30.9 Å². The molecule has 1 N–H and O–H groups in total. The molecular formula is C19H24N4O2S. The quantitative estimate of drug-likeness (QED) is 0.595. The van der Waals surface area contributed by atoms with Gasteiger partial charge in [0.05, 0.1) is 12.9 Å². The molecule has 1 aliphatic heterocycles. The molecule has 1 aromatic heterocycles. The number of hydrogen-bond donors (Lipinski definition) is 1. The summed E-state index contributed by atoms with van der Waals surface area (Å²) in [5.41, 5.74) is 1.01. The van der Waals surface area contributed by atoms with Crippen LogP contribution in [0.1, 0.15) is 24.8 Å². The molecule has 1 amide bonds. The number of aromatic nitrogens is 2. The SMILES string of the molecule is COc1cccc(CNC(=O)CSc2cc(N3CCCCC3)ncn2)c1. The molecule has 1 aliphatic rings. The number of ether oxygens (including phenoxy) is 1. The van der Waals surface area contributed by atoms with Crippen molar-refractivity contribution in [3.8, 4) is 5.75 Å². The van der Waals surface area contributed by atoms with Gasteiger partial charge in [-0.05, 0) is 37.0 Å². The van der Waals surface area contributed by atoms with E-state index in [2.05, 4.69) is 20.2 Å². The van der Waals surface area contributed by atoms with Gasteiger partial charge in [0.1, 0.15) is 22.9 Å². The zero-order chi connectivity index (χ0) is 18.2. The van der Waals surface area contributed by atoms with Crippen molar-refractivity contribution in [1.82, 2.24) is 15.3 Å². The molecule has 0 bridgehead atoms.